The number of aliphatic carboxylic acids is 1. The molecule has 0 aliphatic heterocycles. The summed E-state index contributed by atoms with van der Waals surface area (Å²) in [5.74, 6) is -0.169. The van der Waals surface area contributed by atoms with E-state index in [9.17, 15) is 9.90 Å². The Morgan fingerprint density at radius 3 is 2.53 bits per heavy atom. The highest BCUT2D eigenvalue weighted by atomic mass is 32.2. The van der Waals surface area contributed by atoms with Gasteiger partial charge >= 0.3 is 5.97 Å². The summed E-state index contributed by atoms with van der Waals surface area (Å²) in [6.45, 7) is 7.53. The SMILES string of the molecule is Cc1cnc(SCCC(C)(NC(C)C)C(=O)O)nc1. The number of thioether (sulfide) groups is 1. The van der Waals surface area contributed by atoms with Gasteiger partial charge in [0.1, 0.15) is 5.54 Å². The van der Waals surface area contributed by atoms with Gasteiger partial charge in [0, 0.05) is 24.2 Å². The van der Waals surface area contributed by atoms with Crippen molar-refractivity contribution >= 4 is 17.7 Å². The highest BCUT2D eigenvalue weighted by Gasteiger charge is 2.32. The standard InChI is InChI=1S/C13H21N3O2S/c1-9(2)16-13(4,11(17)18)5-6-19-12-14-7-10(3)8-15-12/h7-9,16H,5-6H2,1-4H3,(H,17,18). The fourth-order valence-corrected chi connectivity index (χ4v) is 2.63. The molecule has 0 aliphatic carbocycles. The Morgan fingerprint density at radius 2 is 2.05 bits per heavy atom. The Balaban J connectivity index is 2.53. The average molecular weight is 283 g/mol. The van der Waals surface area contributed by atoms with Crippen molar-refractivity contribution in [3.05, 3.63) is 18.0 Å². The molecule has 0 bridgehead atoms. The van der Waals surface area contributed by atoms with Crippen molar-refractivity contribution in [3.63, 3.8) is 0 Å². The van der Waals surface area contributed by atoms with Crippen molar-refractivity contribution in [1.82, 2.24) is 15.3 Å². The molecule has 1 unspecified atom stereocenters. The summed E-state index contributed by atoms with van der Waals surface area (Å²) in [5.41, 5.74) is 0.104. The number of carboxylic acid groups (broad SMARTS) is 1. The molecule has 1 atom stereocenters. The van der Waals surface area contributed by atoms with Gasteiger partial charge in [-0.3, -0.25) is 10.1 Å². The van der Waals surface area contributed by atoms with Crippen LogP contribution in [0.5, 0.6) is 0 Å². The molecule has 5 nitrogen and oxygen atoms in total. The molecule has 6 heteroatoms. The van der Waals surface area contributed by atoms with E-state index in [0.29, 0.717) is 17.3 Å². The molecular formula is C13H21N3O2S. The lowest BCUT2D eigenvalue weighted by atomic mass is 9.98. The molecular weight excluding hydrogens is 262 g/mol. The summed E-state index contributed by atoms with van der Waals surface area (Å²) in [6, 6.07) is 0.127. The van der Waals surface area contributed by atoms with Gasteiger partial charge in [-0.05, 0) is 39.7 Å². The van der Waals surface area contributed by atoms with Crippen LogP contribution in [0.25, 0.3) is 0 Å². The molecule has 19 heavy (non-hydrogen) atoms. The summed E-state index contributed by atoms with van der Waals surface area (Å²) in [7, 11) is 0. The van der Waals surface area contributed by atoms with Crippen LogP contribution in [0.4, 0.5) is 0 Å². The highest BCUT2D eigenvalue weighted by molar-refractivity contribution is 7.99. The molecule has 1 rings (SSSR count). The molecule has 106 valence electrons. The number of nitrogens with zero attached hydrogens (tertiary/aromatic N) is 2. The fourth-order valence-electron chi connectivity index (χ4n) is 1.68. The minimum atomic E-state index is -0.911. The van der Waals surface area contributed by atoms with Crippen molar-refractivity contribution in [2.24, 2.45) is 0 Å². The van der Waals surface area contributed by atoms with Gasteiger partial charge in [0.25, 0.3) is 0 Å². The first-order valence-corrected chi connectivity index (χ1v) is 7.24. The molecule has 0 spiro atoms. The van der Waals surface area contributed by atoms with Crippen LogP contribution in [0, 0.1) is 6.92 Å². The second kappa shape index (κ2) is 6.86. The van der Waals surface area contributed by atoms with Crippen molar-refractivity contribution in [2.45, 2.75) is 50.9 Å². The molecule has 0 amide bonds. The monoisotopic (exact) mass is 283 g/mol. The Bertz CT molecular complexity index is 422. The molecule has 0 saturated carbocycles. The third kappa shape index (κ3) is 5.16. The van der Waals surface area contributed by atoms with E-state index in [2.05, 4.69) is 15.3 Å². The summed E-state index contributed by atoms with van der Waals surface area (Å²) in [4.78, 5) is 19.7. The number of carboxylic acids is 1. The van der Waals surface area contributed by atoms with Crippen LogP contribution in [0.1, 0.15) is 32.8 Å². The maximum atomic E-state index is 11.3. The topological polar surface area (TPSA) is 75.1 Å². The van der Waals surface area contributed by atoms with Gasteiger partial charge in [-0.25, -0.2) is 9.97 Å². The molecule has 0 aliphatic rings. The van der Waals surface area contributed by atoms with Gasteiger partial charge in [-0.15, -0.1) is 0 Å². The van der Waals surface area contributed by atoms with Gasteiger partial charge in [0.2, 0.25) is 0 Å². The minimum Gasteiger partial charge on any atom is -0.480 e. The van der Waals surface area contributed by atoms with E-state index >= 15 is 0 Å². The quantitative estimate of drug-likeness (QED) is 0.589. The molecule has 0 fully saturated rings. The van der Waals surface area contributed by atoms with E-state index in [1.54, 1.807) is 19.3 Å². The number of carbonyl (C=O) groups is 1. The average Bonchev–Trinajstić information content (AvgIpc) is 2.30. The highest BCUT2D eigenvalue weighted by Crippen LogP contribution is 2.19. The number of hydrogen-bond acceptors (Lipinski definition) is 5. The van der Waals surface area contributed by atoms with Crippen LogP contribution < -0.4 is 5.32 Å². The molecule has 0 aromatic carbocycles. The zero-order valence-electron chi connectivity index (χ0n) is 11.8. The van der Waals surface area contributed by atoms with Crippen LogP contribution in [0.3, 0.4) is 0 Å². The van der Waals surface area contributed by atoms with Crippen molar-refractivity contribution in [3.8, 4) is 0 Å². The predicted octanol–water partition coefficient (Wildman–Crippen LogP) is 2.11. The number of aromatic nitrogens is 2. The lowest BCUT2D eigenvalue weighted by Crippen LogP contribution is -2.52. The lowest BCUT2D eigenvalue weighted by molar-refractivity contribution is -0.144. The Hall–Kier alpha value is -1.14. The first-order chi connectivity index (χ1) is 8.83. The first kappa shape index (κ1) is 15.9. The van der Waals surface area contributed by atoms with Crippen molar-refractivity contribution in [2.75, 3.05) is 5.75 Å². The predicted molar refractivity (Wildman–Crippen MR) is 76.4 cm³/mol. The van der Waals surface area contributed by atoms with Crippen LogP contribution in [0.2, 0.25) is 0 Å². The van der Waals surface area contributed by atoms with Crippen LogP contribution >= 0.6 is 11.8 Å². The third-order valence-electron chi connectivity index (χ3n) is 2.67. The number of rotatable bonds is 7. The number of hydrogen-bond donors (Lipinski definition) is 2. The lowest BCUT2D eigenvalue weighted by Gasteiger charge is -2.28. The minimum absolute atomic E-state index is 0.127. The molecule has 1 heterocycles. The van der Waals surface area contributed by atoms with Gasteiger partial charge in [-0.2, -0.15) is 0 Å². The molecule has 0 radical (unpaired) electrons. The van der Waals surface area contributed by atoms with Crippen LogP contribution in [0.15, 0.2) is 17.6 Å². The van der Waals surface area contributed by atoms with E-state index in [1.165, 1.54) is 11.8 Å². The summed E-state index contributed by atoms with van der Waals surface area (Å²) >= 11 is 1.47. The van der Waals surface area contributed by atoms with Gasteiger partial charge in [-0.1, -0.05) is 11.8 Å². The maximum Gasteiger partial charge on any atom is 0.323 e. The van der Waals surface area contributed by atoms with E-state index in [4.69, 9.17) is 0 Å². The molecule has 1 aromatic rings. The van der Waals surface area contributed by atoms with E-state index in [1.807, 2.05) is 20.8 Å². The smallest absolute Gasteiger partial charge is 0.323 e. The number of nitrogens with one attached hydrogen (secondary N) is 1. The van der Waals surface area contributed by atoms with Gasteiger partial charge in [0.05, 0.1) is 0 Å². The van der Waals surface area contributed by atoms with E-state index < -0.39 is 11.5 Å². The summed E-state index contributed by atoms with van der Waals surface area (Å²) in [5, 5.41) is 13.1. The Kier molecular flexibility index (Phi) is 5.75. The Morgan fingerprint density at radius 1 is 1.47 bits per heavy atom. The second-order valence-corrected chi connectivity index (χ2v) is 6.14. The van der Waals surface area contributed by atoms with E-state index in [-0.39, 0.29) is 6.04 Å². The molecule has 1 aromatic heterocycles. The molecule has 2 N–H and O–H groups in total. The van der Waals surface area contributed by atoms with Crippen molar-refractivity contribution in [1.29, 1.82) is 0 Å². The summed E-state index contributed by atoms with van der Waals surface area (Å²) < 4.78 is 0. The Labute approximate surface area is 118 Å². The largest absolute Gasteiger partial charge is 0.480 e. The normalized spacial score (nSPS) is 14.4. The zero-order chi connectivity index (χ0) is 14.5. The summed E-state index contributed by atoms with van der Waals surface area (Å²) in [6.07, 6.45) is 4.04. The number of aryl methyl sites for hydroxylation is 1. The second-order valence-electron chi connectivity index (χ2n) is 5.08. The maximum absolute atomic E-state index is 11.3. The fraction of sp³-hybridized carbons (Fsp3) is 0.615. The molecule has 0 saturated heterocycles. The van der Waals surface area contributed by atoms with Crippen LogP contribution in [-0.2, 0) is 4.79 Å². The van der Waals surface area contributed by atoms with Crippen molar-refractivity contribution < 1.29 is 9.90 Å². The van der Waals surface area contributed by atoms with Gasteiger partial charge in [0.15, 0.2) is 5.16 Å². The first-order valence-electron chi connectivity index (χ1n) is 6.26. The van der Waals surface area contributed by atoms with E-state index in [0.717, 1.165) is 5.56 Å². The van der Waals surface area contributed by atoms with Gasteiger partial charge < -0.3 is 5.11 Å². The third-order valence-corrected chi connectivity index (χ3v) is 3.55. The zero-order valence-corrected chi connectivity index (χ0v) is 12.6. The van der Waals surface area contributed by atoms with Crippen LogP contribution in [-0.4, -0.2) is 38.4 Å².